The number of nitrogens with zero attached hydrogens (tertiary/aromatic N) is 1. The molecule has 22 heavy (non-hydrogen) atoms. The van der Waals surface area contributed by atoms with E-state index in [0.717, 1.165) is 5.56 Å². The lowest BCUT2D eigenvalue weighted by molar-refractivity contribution is -0.118. The summed E-state index contributed by atoms with van der Waals surface area (Å²) in [6, 6.07) is 12.2. The topological polar surface area (TPSA) is 94.2 Å². The Morgan fingerprint density at radius 2 is 1.82 bits per heavy atom. The minimum atomic E-state index is -0.846. The van der Waals surface area contributed by atoms with Gasteiger partial charge in [-0.25, -0.2) is 0 Å². The number of amides is 1. The van der Waals surface area contributed by atoms with Gasteiger partial charge in [-0.1, -0.05) is 30.3 Å². The molecule has 110 valence electrons. The van der Waals surface area contributed by atoms with E-state index >= 15 is 0 Å². The number of Topliss-reactive ketones (excluding diaryl/α,β-unsaturated/α-hetero) is 1. The fourth-order valence-electron chi connectivity index (χ4n) is 2.07. The molecule has 2 aromatic rings. The molecule has 1 amide bonds. The molecular formula is C15H14BN3O3. The Morgan fingerprint density at radius 1 is 1.14 bits per heavy atom. The zero-order valence-electron chi connectivity index (χ0n) is 11.8. The van der Waals surface area contributed by atoms with Crippen LogP contribution in [0.15, 0.2) is 47.3 Å². The zero-order valence-corrected chi connectivity index (χ0v) is 11.8. The summed E-state index contributed by atoms with van der Waals surface area (Å²) in [5.74, 6) is -1.14. The highest BCUT2D eigenvalue weighted by Gasteiger charge is 2.13. The van der Waals surface area contributed by atoms with Crippen LogP contribution in [-0.2, 0) is 11.3 Å². The number of benzene rings is 1. The Bertz CT molecular complexity index is 756. The number of hydrogen-bond donors (Lipinski definition) is 2. The standard InChI is InChI=1S/C15H14BN3O3/c16-15(22)18-12-6-7-13(10-4-2-1-3-5-10)19(14(12)21)9-11(20)8-17/h1-7H,8-9,17H2,(H,18,22). The summed E-state index contributed by atoms with van der Waals surface area (Å²) >= 11 is 0. The van der Waals surface area contributed by atoms with E-state index in [1.807, 2.05) is 30.3 Å². The van der Waals surface area contributed by atoms with Crippen molar-refractivity contribution in [1.29, 1.82) is 0 Å². The van der Waals surface area contributed by atoms with Crippen LogP contribution in [0.2, 0.25) is 0 Å². The van der Waals surface area contributed by atoms with Gasteiger partial charge in [0.2, 0.25) is 7.85 Å². The second kappa shape index (κ2) is 6.86. The van der Waals surface area contributed by atoms with Crippen LogP contribution in [0.4, 0.5) is 10.5 Å². The number of rotatable bonds is 5. The number of aromatic nitrogens is 1. The van der Waals surface area contributed by atoms with E-state index in [0.29, 0.717) is 5.69 Å². The number of carbonyl (C=O) groups is 2. The molecule has 3 N–H and O–H groups in total. The van der Waals surface area contributed by atoms with Crippen LogP contribution in [0.1, 0.15) is 0 Å². The number of anilines is 1. The van der Waals surface area contributed by atoms with Crippen LogP contribution in [-0.4, -0.2) is 30.5 Å². The quantitative estimate of drug-likeness (QED) is 0.796. The summed E-state index contributed by atoms with van der Waals surface area (Å²) in [6.07, 6.45) is 0. The maximum absolute atomic E-state index is 12.4. The van der Waals surface area contributed by atoms with Crippen LogP contribution in [0.25, 0.3) is 11.3 Å². The maximum atomic E-state index is 12.4. The van der Waals surface area contributed by atoms with E-state index in [1.165, 1.54) is 10.6 Å². The maximum Gasteiger partial charge on any atom is 0.275 e. The summed E-state index contributed by atoms with van der Waals surface area (Å²) in [6.45, 7) is -0.345. The predicted octanol–water partition coefficient (Wildman–Crippen LogP) is 0.743. The second-order valence-corrected chi connectivity index (χ2v) is 4.62. The van der Waals surface area contributed by atoms with E-state index in [2.05, 4.69) is 5.32 Å². The van der Waals surface area contributed by atoms with E-state index in [-0.39, 0.29) is 24.6 Å². The van der Waals surface area contributed by atoms with Crippen molar-refractivity contribution in [2.75, 3.05) is 11.9 Å². The minimum absolute atomic E-state index is 0.0111. The predicted molar refractivity (Wildman–Crippen MR) is 85.0 cm³/mol. The first-order chi connectivity index (χ1) is 10.5. The van der Waals surface area contributed by atoms with Gasteiger partial charge in [0.05, 0.1) is 18.8 Å². The SMILES string of the molecule is [B]C(=O)Nc1ccc(-c2ccccc2)n(CC(=O)CN)c1=O. The molecule has 0 fully saturated rings. The summed E-state index contributed by atoms with van der Waals surface area (Å²) in [5.41, 5.74) is 6.15. The van der Waals surface area contributed by atoms with Crippen LogP contribution < -0.4 is 16.6 Å². The van der Waals surface area contributed by atoms with Crippen molar-refractivity contribution in [2.45, 2.75) is 6.54 Å². The minimum Gasteiger partial charge on any atom is -0.332 e. The van der Waals surface area contributed by atoms with Crippen molar-refractivity contribution in [2.24, 2.45) is 5.73 Å². The Balaban J connectivity index is 2.58. The summed E-state index contributed by atoms with van der Waals surface area (Å²) in [7, 11) is 5.03. The third-order valence-electron chi connectivity index (χ3n) is 3.06. The van der Waals surface area contributed by atoms with Crippen molar-refractivity contribution in [3.05, 3.63) is 52.8 Å². The van der Waals surface area contributed by atoms with Crippen LogP contribution in [0.5, 0.6) is 0 Å². The van der Waals surface area contributed by atoms with Gasteiger partial charge >= 0.3 is 0 Å². The van der Waals surface area contributed by atoms with Gasteiger partial charge in [-0.15, -0.1) is 0 Å². The van der Waals surface area contributed by atoms with Gasteiger partial charge in [0.15, 0.2) is 11.6 Å². The molecule has 2 radical (unpaired) electrons. The molecule has 6 nitrogen and oxygen atoms in total. The Kier molecular flexibility index (Phi) is 4.90. The fraction of sp³-hybridized carbons (Fsp3) is 0.133. The number of ketones is 1. The normalized spacial score (nSPS) is 10.2. The van der Waals surface area contributed by atoms with Gasteiger partial charge in [0.1, 0.15) is 5.69 Å². The fourth-order valence-corrected chi connectivity index (χ4v) is 2.07. The lowest BCUT2D eigenvalue weighted by atomic mass is 10.1. The smallest absolute Gasteiger partial charge is 0.275 e. The summed E-state index contributed by atoms with van der Waals surface area (Å²) in [4.78, 5) is 35.0. The van der Waals surface area contributed by atoms with Gasteiger partial charge in [0.25, 0.3) is 5.56 Å². The molecule has 0 saturated carbocycles. The Hall–Kier alpha value is -2.67. The molecule has 1 heterocycles. The number of nitrogens with two attached hydrogens (primary N) is 1. The molecule has 7 heteroatoms. The molecule has 0 unspecified atom stereocenters. The molecule has 0 aliphatic rings. The first-order valence-corrected chi connectivity index (χ1v) is 6.60. The van der Waals surface area contributed by atoms with Crippen molar-refractivity contribution < 1.29 is 9.59 Å². The van der Waals surface area contributed by atoms with Crippen LogP contribution >= 0.6 is 0 Å². The van der Waals surface area contributed by atoms with Gasteiger partial charge in [-0.2, -0.15) is 0 Å². The zero-order chi connectivity index (χ0) is 16.1. The van der Waals surface area contributed by atoms with E-state index < -0.39 is 11.4 Å². The average molecular weight is 295 g/mol. The molecule has 0 aliphatic heterocycles. The lowest BCUT2D eigenvalue weighted by Crippen LogP contribution is -2.31. The molecule has 0 atom stereocenters. The average Bonchev–Trinajstić information content (AvgIpc) is 2.51. The van der Waals surface area contributed by atoms with Crippen molar-refractivity contribution in [3.63, 3.8) is 0 Å². The molecule has 2 rings (SSSR count). The molecule has 0 spiro atoms. The lowest BCUT2D eigenvalue weighted by Gasteiger charge is -2.14. The molecule has 0 saturated heterocycles. The molecule has 0 aliphatic carbocycles. The third kappa shape index (κ3) is 3.50. The van der Waals surface area contributed by atoms with E-state index in [1.54, 1.807) is 6.07 Å². The number of hydrogen-bond acceptors (Lipinski definition) is 4. The Labute approximate surface area is 128 Å². The third-order valence-corrected chi connectivity index (χ3v) is 3.06. The highest BCUT2D eigenvalue weighted by Crippen LogP contribution is 2.19. The van der Waals surface area contributed by atoms with Gasteiger partial charge in [0, 0.05) is 0 Å². The molecule has 0 bridgehead atoms. The van der Waals surface area contributed by atoms with Gasteiger partial charge in [-0.3, -0.25) is 19.0 Å². The summed E-state index contributed by atoms with van der Waals surface area (Å²) < 4.78 is 1.27. The Morgan fingerprint density at radius 3 is 2.41 bits per heavy atom. The molecule has 1 aromatic heterocycles. The van der Waals surface area contributed by atoms with Gasteiger partial charge in [-0.05, 0) is 17.7 Å². The van der Waals surface area contributed by atoms with E-state index in [4.69, 9.17) is 13.6 Å². The first kappa shape index (κ1) is 15.7. The van der Waals surface area contributed by atoms with Crippen molar-refractivity contribution >= 4 is 25.1 Å². The largest absolute Gasteiger partial charge is 0.332 e. The van der Waals surface area contributed by atoms with Gasteiger partial charge < -0.3 is 11.1 Å². The summed E-state index contributed by atoms with van der Waals surface area (Å²) in [5, 5.41) is 2.25. The van der Waals surface area contributed by atoms with Crippen molar-refractivity contribution in [3.8, 4) is 11.3 Å². The van der Waals surface area contributed by atoms with Crippen LogP contribution in [0.3, 0.4) is 0 Å². The van der Waals surface area contributed by atoms with Crippen molar-refractivity contribution in [1.82, 2.24) is 4.57 Å². The highest BCUT2D eigenvalue weighted by molar-refractivity contribution is 6.60. The molecule has 1 aromatic carbocycles. The van der Waals surface area contributed by atoms with E-state index in [9.17, 15) is 14.4 Å². The number of carbonyl (C=O) groups excluding carboxylic acids is 2. The monoisotopic (exact) mass is 295 g/mol. The van der Waals surface area contributed by atoms with Crippen LogP contribution in [0, 0.1) is 0 Å². The highest BCUT2D eigenvalue weighted by atomic mass is 16.2. The molecular weight excluding hydrogens is 281 g/mol. The first-order valence-electron chi connectivity index (χ1n) is 6.60. The number of nitrogens with one attached hydrogen (secondary N) is 1. The number of pyridine rings is 1. The second-order valence-electron chi connectivity index (χ2n) is 4.62.